The van der Waals surface area contributed by atoms with Gasteiger partial charge in [0.2, 0.25) is 0 Å². The first-order valence-electron chi connectivity index (χ1n) is 3.71. The maximum Gasteiger partial charge on any atom is 0.157 e. The molecule has 0 spiro atoms. The predicted molar refractivity (Wildman–Crippen MR) is 53.0 cm³/mol. The Morgan fingerprint density at radius 3 is 2.75 bits per heavy atom. The molecule has 0 fully saturated rings. The zero-order chi connectivity index (χ0) is 8.55. The second-order valence-corrected chi connectivity index (χ2v) is 3.58. The maximum absolute atomic E-state index is 9.64. The van der Waals surface area contributed by atoms with Gasteiger partial charge >= 0.3 is 0 Å². The van der Waals surface area contributed by atoms with Gasteiger partial charge in [0.15, 0.2) is 5.75 Å². The highest BCUT2D eigenvalue weighted by Crippen LogP contribution is 2.40. The standard InChI is InChI=1S/C9H9NOS/c1-10-9-8(11)6-4-2-3-5-7(6)12-9/h2-5,10-11H,1H3. The fourth-order valence-electron chi connectivity index (χ4n) is 1.20. The summed E-state index contributed by atoms with van der Waals surface area (Å²) in [6, 6.07) is 7.81. The molecule has 1 heterocycles. The van der Waals surface area contributed by atoms with E-state index in [0.29, 0.717) is 5.75 Å². The normalized spacial score (nSPS) is 10.4. The molecule has 0 saturated carbocycles. The van der Waals surface area contributed by atoms with Crippen LogP contribution in [0, 0.1) is 0 Å². The summed E-state index contributed by atoms with van der Waals surface area (Å²) in [4.78, 5) is 0. The molecule has 0 amide bonds. The minimum Gasteiger partial charge on any atom is -0.504 e. The van der Waals surface area contributed by atoms with Gasteiger partial charge in [-0.15, -0.1) is 11.3 Å². The summed E-state index contributed by atoms with van der Waals surface area (Å²) in [5.74, 6) is 0.359. The molecule has 0 unspecified atom stereocenters. The highest BCUT2D eigenvalue weighted by Gasteiger charge is 2.07. The Bertz CT molecular complexity index is 408. The lowest BCUT2D eigenvalue weighted by atomic mass is 10.2. The second kappa shape index (κ2) is 2.68. The van der Waals surface area contributed by atoms with E-state index >= 15 is 0 Å². The van der Waals surface area contributed by atoms with Crippen LogP contribution in [0.5, 0.6) is 5.75 Å². The van der Waals surface area contributed by atoms with Crippen molar-refractivity contribution in [2.75, 3.05) is 12.4 Å². The van der Waals surface area contributed by atoms with E-state index in [9.17, 15) is 5.11 Å². The van der Waals surface area contributed by atoms with Crippen molar-refractivity contribution >= 4 is 26.4 Å². The number of hydrogen-bond acceptors (Lipinski definition) is 3. The van der Waals surface area contributed by atoms with Gasteiger partial charge in [0.1, 0.15) is 5.00 Å². The summed E-state index contributed by atoms with van der Waals surface area (Å²) in [5.41, 5.74) is 0. The summed E-state index contributed by atoms with van der Waals surface area (Å²) in [6.07, 6.45) is 0. The first-order chi connectivity index (χ1) is 5.83. The molecule has 1 aromatic carbocycles. The molecular weight excluding hydrogens is 170 g/mol. The molecule has 12 heavy (non-hydrogen) atoms. The van der Waals surface area contributed by atoms with Crippen LogP contribution >= 0.6 is 11.3 Å². The van der Waals surface area contributed by atoms with Gasteiger partial charge in [0.05, 0.1) is 0 Å². The molecule has 0 radical (unpaired) electrons. The average molecular weight is 179 g/mol. The SMILES string of the molecule is CNc1sc2ccccc2c1O. The van der Waals surface area contributed by atoms with Gasteiger partial charge in [-0.3, -0.25) is 0 Å². The number of fused-ring (bicyclic) bond motifs is 1. The predicted octanol–water partition coefficient (Wildman–Crippen LogP) is 2.65. The number of aromatic hydroxyl groups is 1. The fraction of sp³-hybridized carbons (Fsp3) is 0.111. The second-order valence-electron chi connectivity index (χ2n) is 2.53. The largest absolute Gasteiger partial charge is 0.504 e. The van der Waals surface area contributed by atoms with E-state index in [2.05, 4.69) is 5.32 Å². The number of nitrogens with one attached hydrogen (secondary N) is 1. The summed E-state index contributed by atoms with van der Waals surface area (Å²) in [7, 11) is 1.81. The van der Waals surface area contributed by atoms with Gasteiger partial charge in [-0.2, -0.15) is 0 Å². The maximum atomic E-state index is 9.64. The lowest BCUT2D eigenvalue weighted by Crippen LogP contribution is -1.81. The lowest BCUT2D eigenvalue weighted by molar-refractivity contribution is 0.485. The zero-order valence-electron chi connectivity index (χ0n) is 6.66. The van der Waals surface area contributed by atoms with Crippen molar-refractivity contribution in [1.82, 2.24) is 0 Å². The van der Waals surface area contributed by atoms with Crippen LogP contribution in [0.3, 0.4) is 0 Å². The van der Waals surface area contributed by atoms with Crippen molar-refractivity contribution in [3.05, 3.63) is 24.3 Å². The molecule has 62 valence electrons. The van der Waals surface area contributed by atoms with E-state index in [1.54, 1.807) is 11.3 Å². The molecule has 2 nitrogen and oxygen atoms in total. The Hall–Kier alpha value is -1.22. The van der Waals surface area contributed by atoms with Crippen LogP contribution in [-0.4, -0.2) is 12.2 Å². The van der Waals surface area contributed by atoms with E-state index in [0.717, 1.165) is 15.1 Å². The summed E-state index contributed by atoms with van der Waals surface area (Å²) >= 11 is 1.56. The molecular formula is C9H9NOS. The third-order valence-corrected chi connectivity index (χ3v) is 2.97. The summed E-state index contributed by atoms with van der Waals surface area (Å²) in [5, 5.41) is 14.3. The highest BCUT2D eigenvalue weighted by molar-refractivity contribution is 7.23. The first kappa shape index (κ1) is 7.43. The monoisotopic (exact) mass is 179 g/mol. The van der Waals surface area contributed by atoms with E-state index < -0.39 is 0 Å². The topological polar surface area (TPSA) is 32.3 Å². The Morgan fingerprint density at radius 2 is 2.08 bits per heavy atom. The molecule has 0 saturated heterocycles. The van der Waals surface area contributed by atoms with E-state index in [4.69, 9.17) is 0 Å². The van der Waals surface area contributed by atoms with Crippen LogP contribution in [0.4, 0.5) is 5.00 Å². The lowest BCUT2D eigenvalue weighted by Gasteiger charge is -1.93. The van der Waals surface area contributed by atoms with Crippen LogP contribution in [0.25, 0.3) is 10.1 Å². The number of anilines is 1. The Kier molecular flexibility index (Phi) is 1.66. The third kappa shape index (κ3) is 0.940. The van der Waals surface area contributed by atoms with Crippen LogP contribution in [0.1, 0.15) is 0 Å². The Balaban J connectivity index is 2.78. The minimum absolute atomic E-state index is 0.359. The van der Waals surface area contributed by atoms with Crippen molar-refractivity contribution < 1.29 is 5.11 Å². The van der Waals surface area contributed by atoms with Crippen molar-refractivity contribution in [2.24, 2.45) is 0 Å². The quantitative estimate of drug-likeness (QED) is 0.705. The molecule has 0 aliphatic heterocycles. The van der Waals surface area contributed by atoms with Crippen LogP contribution in [0.2, 0.25) is 0 Å². The highest BCUT2D eigenvalue weighted by atomic mass is 32.1. The van der Waals surface area contributed by atoms with Gasteiger partial charge in [-0.05, 0) is 12.1 Å². The smallest absolute Gasteiger partial charge is 0.157 e. The van der Waals surface area contributed by atoms with Crippen LogP contribution in [0.15, 0.2) is 24.3 Å². The molecule has 2 aromatic rings. The van der Waals surface area contributed by atoms with E-state index in [1.165, 1.54) is 0 Å². The number of benzene rings is 1. The summed E-state index contributed by atoms with van der Waals surface area (Å²) in [6.45, 7) is 0. The molecule has 0 atom stereocenters. The van der Waals surface area contributed by atoms with Crippen molar-refractivity contribution in [3.8, 4) is 5.75 Å². The number of hydrogen-bond donors (Lipinski definition) is 2. The molecule has 1 aromatic heterocycles. The van der Waals surface area contributed by atoms with Gasteiger partial charge < -0.3 is 10.4 Å². The molecule has 2 N–H and O–H groups in total. The minimum atomic E-state index is 0.359. The fourth-order valence-corrected chi connectivity index (χ4v) is 2.15. The number of thiophene rings is 1. The Labute approximate surface area is 74.5 Å². The van der Waals surface area contributed by atoms with Crippen molar-refractivity contribution in [1.29, 1.82) is 0 Å². The van der Waals surface area contributed by atoms with Gasteiger partial charge in [-0.1, -0.05) is 12.1 Å². The van der Waals surface area contributed by atoms with Crippen LogP contribution in [-0.2, 0) is 0 Å². The third-order valence-electron chi connectivity index (χ3n) is 1.80. The Morgan fingerprint density at radius 1 is 1.33 bits per heavy atom. The van der Waals surface area contributed by atoms with Crippen LogP contribution < -0.4 is 5.32 Å². The molecule has 0 bridgehead atoms. The average Bonchev–Trinajstić information content (AvgIpc) is 2.44. The molecule has 0 aliphatic carbocycles. The first-order valence-corrected chi connectivity index (χ1v) is 4.53. The molecule has 2 rings (SSSR count). The van der Waals surface area contributed by atoms with Gasteiger partial charge in [0.25, 0.3) is 0 Å². The van der Waals surface area contributed by atoms with Crippen molar-refractivity contribution in [3.63, 3.8) is 0 Å². The van der Waals surface area contributed by atoms with Gasteiger partial charge in [-0.25, -0.2) is 0 Å². The van der Waals surface area contributed by atoms with Gasteiger partial charge in [0, 0.05) is 17.1 Å². The van der Waals surface area contributed by atoms with E-state index in [1.807, 2.05) is 31.3 Å². The van der Waals surface area contributed by atoms with E-state index in [-0.39, 0.29) is 0 Å². The number of rotatable bonds is 1. The zero-order valence-corrected chi connectivity index (χ0v) is 7.48. The molecule has 3 heteroatoms. The molecule has 0 aliphatic rings. The van der Waals surface area contributed by atoms with Crippen molar-refractivity contribution in [2.45, 2.75) is 0 Å². The summed E-state index contributed by atoms with van der Waals surface area (Å²) < 4.78 is 1.11.